The molecule has 5 nitrogen and oxygen atoms in total. The van der Waals surface area contributed by atoms with Crippen LogP contribution in [0.15, 0.2) is 42.6 Å². The summed E-state index contributed by atoms with van der Waals surface area (Å²) in [7, 11) is 0. The molecule has 0 bridgehead atoms. The molecule has 0 saturated heterocycles. The topological polar surface area (TPSA) is 68.7 Å². The fourth-order valence-corrected chi connectivity index (χ4v) is 1.74. The van der Waals surface area contributed by atoms with E-state index in [1.807, 2.05) is 19.1 Å². The van der Waals surface area contributed by atoms with E-state index >= 15 is 0 Å². The zero-order valence-electron chi connectivity index (χ0n) is 11.8. The average molecular weight is 287 g/mol. The van der Waals surface area contributed by atoms with Crippen LogP contribution in [0.2, 0.25) is 0 Å². The van der Waals surface area contributed by atoms with Crippen molar-refractivity contribution in [3.05, 3.63) is 53.9 Å². The second kappa shape index (κ2) is 7.28. The quantitative estimate of drug-likeness (QED) is 0.792. The molecule has 2 rings (SSSR count). The van der Waals surface area contributed by atoms with Gasteiger partial charge in [-0.25, -0.2) is 0 Å². The van der Waals surface area contributed by atoms with Crippen LogP contribution in [0.1, 0.15) is 11.3 Å². The first kappa shape index (κ1) is 14.8. The van der Waals surface area contributed by atoms with Crippen LogP contribution in [0.4, 0.5) is 0 Å². The lowest BCUT2D eigenvalue weighted by molar-refractivity contribution is -0.136. The van der Waals surface area contributed by atoms with Crippen LogP contribution in [0.5, 0.6) is 11.5 Å². The smallest absolute Gasteiger partial charge is 0.307 e. The maximum Gasteiger partial charge on any atom is 0.307 e. The molecule has 0 radical (unpaired) electrons. The van der Waals surface area contributed by atoms with Gasteiger partial charge in [0.05, 0.1) is 12.6 Å². The fourth-order valence-electron chi connectivity index (χ4n) is 1.74. The monoisotopic (exact) mass is 287 g/mol. The van der Waals surface area contributed by atoms with Gasteiger partial charge in [0.1, 0.15) is 24.7 Å². The second-order valence-electron chi connectivity index (χ2n) is 4.55. The van der Waals surface area contributed by atoms with Crippen LogP contribution in [0.3, 0.4) is 0 Å². The highest BCUT2D eigenvalue weighted by molar-refractivity contribution is 5.70. The van der Waals surface area contributed by atoms with Crippen molar-refractivity contribution in [1.29, 1.82) is 0 Å². The minimum atomic E-state index is -0.844. The van der Waals surface area contributed by atoms with Gasteiger partial charge in [-0.05, 0) is 36.8 Å². The summed E-state index contributed by atoms with van der Waals surface area (Å²) < 4.78 is 11.0. The summed E-state index contributed by atoms with van der Waals surface area (Å²) in [6.45, 7) is 2.74. The molecule has 1 aromatic heterocycles. The first-order valence-corrected chi connectivity index (χ1v) is 6.62. The Bertz CT molecular complexity index is 578. The number of ether oxygens (including phenoxy) is 2. The molecular formula is C16H17NO4. The molecule has 110 valence electrons. The molecule has 1 N–H and O–H groups in total. The summed E-state index contributed by atoms with van der Waals surface area (Å²) in [5, 5.41) is 8.68. The van der Waals surface area contributed by atoms with Gasteiger partial charge in [0.25, 0.3) is 0 Å². The third-order valence-electron chi connectivity index (χ3n) is 2.78. The number of carboxylic acids is 1. The van der Waals surface area contributed by atoms with Gasteiger partial charge >= 0.3 is 5.97 Å². The molecule has 0 amide bonds. The van der Waals surface area contributed by atoms with Gasteiger partial charge in [0.2, 0.25) is 0 Å². The van der Waals surface area contributed by atoms with Crippen molar-refractivity contribution in [2.75, 3.05) is 13.2 Å². The maximum absolute atomic E-state index is 10.6. The van der Waals surface area contributed by atoms with E-state index in [-0.39, 0.29) is 6.42 Å². The summed E-state index contributed by atoms with van der Waals surface area (Å²) in [5.41, 5.74) is 1.69. The number of hydrogen-bond donors (Lipinski definition) is 1. The van der Waals surface area contributed by atoms with E-state index in [0.717, 1.165) is 11.3 Å². The van der Waals surface area contributed by atoms with E-state index < -0.39 is 5.97 Å². The lowest BCUT2D eigenvalue weighted by Gasteiger charge is -2.08. The molecule has 0 aliphatic heterocycles. The molecule has 0 aliphatic carbocycles. The predicted octanol–water partition coefficient (Wildman–Crippen LogP) is 2.47. The summed E-state index contributed by atoms with van der Waals surface area (Å²) >= 11 is 0. The molecule has 1 heterocycles. The number of carbonyl (C=O) groups is 1. The number of nitrogens with zero attached hydrogens (tertiary/aromatic N) is 1. The number of aliphatic carboxylic acids is 1. The zero-order valence-corrected chi connectivity index (χ0v) is 11.8. The highest BCUT2D eigenvalue weighted by Gasteiger charge is 2.01. The minimum Gasteiger partial charge on any atom is -0.490 e. The third-order valence-corrected chi connectivity index (χ3v) is 2.78. The molecule has 1 aromatic carbocycles. The number of aryl methyl sites for hydroxylation is 1. The molecule has 2 aromatic rings. The van der Waals surface area contributed by atoms with Crippen molar-refractivity contribution >= 4 is 5.97 Å². The number of rotatable bonds is 7. The molecule has 21 heavy (non-hydrogen) atoms. The van der Waals surface area contributed by atoms with Gasteiger partial charge in [-0.15, -0.1) is 0 Å². The molecule has 0 aliphatic rings. The summed E-state index contributed by atoms with van der Waals surface area (Å²) in [4.78, 5) is 14.7. The van der Waals surface area contributed by atoms with Crippen molar-refractivity contribution in [3.8, 4) is 11.5 Å². The highest BCUT2D eigenvalue weighted by atomic mass is 16.5. The number of hydrogen-bond acceptors (Lipinski definition) is 4. The Hall–Kier alpha value is -2.56. The first-order chi connectivity index (χ1) is 10.1. The highest BCUT2D eigenvalue weighted by Crippen LogP contribution is 2.13. The largest absolute Gasteiger partial charge is 0.490 e. The van der Waals surface area contributed by atoms with Gasteiger partial charge in [0.15, 0.2) is 0 Å². The van der Waals surface area contributed by atoms with E-state index in [1.54, 1.807) is 30.5 Å². The van der Waals surface area contributed by atoms with Crippen molar-refractivity contribution < 1.29 is 19.4 Å². The minimum absolute atomic E-state index is 0.0177. The van der Waals surface area contributed by atoms with E-state index in [1.165, 1.54) is 0 Å². The zero-order chi connectivity index (χ0) is 15.1. The number of carboxylic acid groups (broad SMARTS) is 1. The van der Waals surface area contributed by atoms with Crippen LogP contribution in [0.25, 0.3) is 0 Å². The van der Waals surface area contributed by atoms with Crippen molar-refractivity contribution in [1.82, 2.24) is 4.98 Å². The van der Waals surface area contributed by atoms with Crippen LogP contribution in [-0.2, 0) is 11.2 Å². The van der Waals surface area contributed by atoms with Gasteiger partial charge in [-0.1, -0.05) is 12.1 Å². The van der Waals surface area contributed by atoms with Gasteiger partial charge in [-0.3, -0.25) is 9.78 Å². The van der Waals surface area contributed by atoms with E-state index in [4.69, 9.17) is 14.6 Å². The SMILES string of the molecule is Cc1ccc(OCCOc2ccc(CC(=O)O)cc2)cn1. The Kier molecular flexibility index (Phi) is 5.15. The predicted molar refractivity (Wildman–Crippen MR) is 77.7 cm³/mol. The third kappa shape index (κ3) is 5.14. The van der Waals surface area contributed by atoms with Crippen LogP contribution >= 0.6 is 0 Å². The average Bonchev–Trinajstić information content (AvgIpc) is 2.46. The maximum atomic E-state index is 10.6. The lowest BCUT2D eigenvalue weighted by atomic mass is 10.1. The van der Waals surface area contributed by atoms with Gasteiger partial charge < -0.3 is 14.6 Å². The molecule has 0 unspecified atom stereocenters. The Morgan fingerprint density at radius 3 is 2.24 bits per heavy atom. The molecular weight excluding hydrogens is 270 g/mol. The number of aromatic nitrogens is 1. The van der Waals surface area contributed by atoms with Gasteiger partial charge in [-0.2, -0.15) is 0 Å². The van der Waals surface area contributed by atoms with E-state index in [9.17, 15) is 4.79 Å². The number of benzene rings is 1. The first-order valence-electron chi connectivity index (χ1n) is 6.62. The van der Waals surface area contributed by atoms with Crippen molar-refractivity contribution in [3.63, 3.8) is 0 Å². The molecule has 0 atom stereocenters. The molecule has 5 heteroatoms. The number of pyridine rings is 1. The van der Waals surface area contributed by atoms with Crippen molar-refractivity contribution in [2.45, 2.75) is 13.3 Å². The lowest BCUT2D eigenvalue weighted by Crippen LogP contribution is -2.09. The Morgan fingerprint density at radius 2 is 1.67 bits per heavy atom. The normalized spacial score (nSPS) is 10.1. The van der Waals surface area contributed by atoms with E-state index in [0.29, 0.717) is 24.7 Å². The van der Waals surface area contributed by atoms with Crippen LogP contribution in [0, 0.1) is 6.92 Å². The Morgan fingerprint density at radius 1 is 1.05 bits per heavy atom. The standard InChI is InChI=1S/C16H17NO4/c1-12-2-5-15(11-17-12)21-9-8-20-14-6-3-13(4-7-14)10-16(18)19/h2-7,11H,8-10H2,1H3,(H,18,19). The van der Waals surface area contributed by atoms with Crippen LogP contribution in [-0.4, -0.2) is 29.3 Å². The Labute approximate surface area is 123 Å². The summed E-state index contributed by atoms with van der Waals surface area (Å²) in [6, 6.07) is 10.8. The summed E-state index contributed by atoms with van der Waals surface area (Å²) in [5.74, 6) is 0.555. The van der Waals surface area contributed by atoms with Crippen molar-refractivity contribution in [2.24, 2.45) is 0 Å². The molecule has 0 saturated carbocycles. The fraction of sp³-hybridized carbons (Fsp3) is 0.250. The van der Waals surface area contributed by atoms with Gasteiger partial charge in [0, 0.05) is 5.69 Å². The summed E-state index contributed by atoms with van der Waals surface area (Å²) in [6.07, 6.45) is 1.69. The molecule has 0 fully saturated rings. The molecule has 0 spiro atoms. The van der Waals surface area contributed by atoms with Crippen LogP contribution < -0.4 is 9.47 Å². The van der Waals surface area contributed by atoms with E-state index in [2.05, 4.69) is 4.98 Å². The Balaban J connectivity index is 1.73. The second-order valence-corrected chi connectivity index (χ2v) is 4.55.